The lowest BCUT2D eigenvalue weighted by atomic mass is 9.98. The molecular formula is C11H18Br2N2OS. The second-order valence-electron chi connectivity index (χ2n) is 4.49. The second-order valence-corrected chi connectivity index (χ2v) is 7.75. The van der Waals surface area contributed by atoms with E-state index in [1.165, 1.54) is 4.88 Å². The Hall–Kier alpha value is 0.540. The van der Waals surface area contributed by atoms with Gasteiger partial charge in [-0.25, -0.2) is 0 Å². The van der Waals surface area contributed by atoms with Gasteiger partial charge in [-0.1, -0.05) is 0 Å². The molecule has 0 bridgehead atoms. The van der Waals surface area contributed by atoms with Gasteiger partial charge in [0, 0.05) is 16.5 Å². The molecule has 1 unspecified atom stereocenters. The fraction of sp³-hybridized carbons (Fsp3) is 0.636. The summed E-state index contributed by atoms with van der Waals surface area (Å²) in [6, 6.07) is 2.26. The minimum absolute atomic E-state index is 0.110. The Balaban J connectivity index is 2.66. The van der Waals surface area contributed by atoms with Crippen LogP contribution in [0, 0.1) is 0 Å². The molecule has 98 valence electrons. The number of nitrogens with two attached hydrogens (primary N) is 1. The van der Waals surface area contributed by atoms with Crippen LogP contribution in [0.15, 0.2) is 14.3 Å². The first-order valence-electron chi connectivity index (χ1n) is 5.35. The SMILES string of the molecule is COC(C)(C)CCC(NN)c1cc(Br)c(Br)s1. The summed E-state index contributed by atoms with van der Waals surface area (Å²) in [6.07, 6.45) is 1.89. The highest BCUT2D eigenvalue weighted by Gasteiger charge is 2.21. The zero-order chi connectivity index (χ0) is 13.1. The van der Waals surface area contributed by atoms with Crippen LogP contribution in [0.5, 0.6) is 0 Å². The van der Waals surface area contributed by atoms with Crippen molar-refractivity contribution in [2.45, 2.75) is 38.3 Å². The van der Waals surface area contributed by atoms with Gasteiger partial charge in [0.2, 0.25) is 0 Å². The van der Waals surface area contributed by atoms with Gasteiger partial charge < -0.3 is 4.74 Å². The summed E-state index contributed by atoms with van der Waals surface area (Å²) in [4.78, 5) is 1.22. The van der Waals surface area contributed by atoms with Crippen LogP contribution in [0.3, 0.4) is 0 Å². The van der Waals surface area contributed by atoms with Crippen LogP contribution >= 0.6 is 43.2 Å². The van der Waals surface area contributed by atoms with Gasteiger partial charge in [0.15, 0.2) is 0 Å². The topological polar surface area (TPSA) is 47.3 Å². The van der Waals surface area contributed by atoms with Crippen LogP contribution < -0.4 is 11.3 Å². The normalized spacial score (nSPS) is 14.0. The molecule has 1 aromatic rings. The molecule has 1 rings (SSSR count). The van der Waals surface area contributed by atoms with E-state index in [-0.39, 0.29) is 11.6 Å². The van der Waals surface area contributed by atoms with Crippen molar-refractivity contribution in [2.24, 2.45) is 5.84 Å². The number of methoxy groups -OCH3 is 1. The van der Waals surface area contributed by atoms with Crippen LogP contribution in [0.4, 0.5) is 0 Å². The van der Waals surface area contributed by atoms with Gasteiger partial charge >= 0.3 is 0 Å². The molecule has 0 aliphatic heterocycles. The highest BCUT2D eigenvalue weighted by atomic mass is 79.9. The highest BCUT2D eigenvalue weighted by molar-refractivity contribution is 9.13. The molecule has 1 heterocycles. The molecule has 0 aliphatic carbocycles. The molecule has 3 N–H and O–H groups in total. The van der Waals surface area contributed by atoms with Crippen LogP contribution in [-0.2, 0) is 4.74 Å². The van der Waals surface area contributed by atoms with E-state index in [0.717, 1.165) is 21.1 Å². The molecular weight excluding hydrogens is 368 g/mol. The lowest BCUT2D eigenvalue weighted by Gasteiger charge is -2.25. The van der Waals surface area contributed by atoms with Gasteiger partial charge in [0.25, 0.3) is 0 Å². The molecule has 0 aromatic carbocycles. The molecule has 0 amide bonds. The van der Waals surface area contributed by atoms with Gasteiger partial charge in [-0.15, -0.1) is 11.3 Å². The zero-order valence-electron chi connectivity index (χ0n) is 10.2. The monoisotopic (exact) mass is 384 g/mol. The van der Waals surface area contributed by atoms with Crippen molar-refractivity contribution < 1.29 is 4.74 Å². The molecule has 1 aromatic heterocycles. The van der Waals surface area contributed by atoms with Crippen LogP contribution in [0.25, 0.3) is 0 Å². The summed E-state index contributed by atoms with van der Waals surface area (Å²) < 4.78 is 7.58. The number of halogens is 2. The van der Waals surface area contributed by atoms with E-state index in [1.54, 1.807) is 18.4 Å². The lowest BCUT2D eigenvalue weighted by Crippen LogP contribution is -2.30. The maximum Gasteiger partial charge on any atom is 0.0843 e. The Morgan fingerprint density at radius 2 is 2.18 bits per heavy atom. The number of thiophene rings is 1. The third kappa shape index (κ3) is 4.61. The van der Waals surface area contributed by atoms with Crippen molar-refractivity contribution in [1.82, 2.24) is 5.43 Å². The molecule has 17 heavy (non-hydrogen) atoms. The summed E-state index contributed by atoms with van der Waals surface area (Å²) in [6.45, 7) is 4.17. The zero-order valence-corrected chi connectivity index (χ0v) is 14.2. The number of rotatable bonds is 6. The first kappa shape index (κ1) is 15.6. The summed E-state index contributed by atoms with van der Waals surface area (Å²) in [5, 5.41) is 0. The van der Waals surface area contributed by atoms with E-state index in [9.17, 15) is 0 Å². The van der Waals surface area contributed by atoms with Crippen molar-refractivity contribution >= 4 is 43.2 Å². The fourth-order valence-corrected chi connectivity index (χ4v) is 3.62. The molecule has 1 atom stereocenters. The molecule has 3 nitrogen and oxygen atoms in total. The third-order valence-corrected chi connectivity index (χ3v) is 6.17. The highest BCUT2D eigenvalue weighted by Crippen LogP contribution is 2.37. The summed E-state index contributed by atoms with van der Waals surface area (Å²) in [5.74, 6) is 5.62. The second kappa shape index (κ2) is 6.63. The van der Waals surface area contributed by atoms with Gasteiger partial charge in [-0.2, -0.15) is 0 Å². The smallest absolute Gasteiger partial charge is 0.0843 e. The van der Waals surface area contributed by atoms with Crippen molar-refractivity contribution in [1.29, 1.82) is 0 Å². The molecule has 0 saturated heterocycles. The predicted molar refractivity (Wildman–Crippen MR) is 80.1 cm³/mol. The first-order valence-corrected chi connectivity index (χ1v) is 7.76. The van der Waals surface area contributed by atoms with Gasteiger partial charge in [-0.3, -0.25) is 11.3 Å². The van der Waals surface area contributed by atoms with Crippen LogP contribution in [0.2, 0.25) is 0 Å². The maximum absolute atomic E-state index is 5.62. The van der Waals surface area contributed by atoms with Crippen molar-refractivity contribution in [3.8, 4) is 0 Å². The van der Waals surface area contributed by atoms with Gasteiger partial charge in [0.1, 0.15) is 0 Å². The Morgan fingerprint density at radius 3 is 2.59 bits per heavy atom. The largest absolute Gasteiger partial charge is 0.379 e. The van der Waals surface area contributed by atoms with E-state index in [4.69, 9.17) is 10.6 Å². The average Bonchev–Trinajstić information content (AvgIpc) is 2.60. The minimum atomic E-state index is -0.110. The lowest BCUT2D eigenvalue weighted by molar-refractivity contribution is 0.0117. The molecule has 0 spiro atoms. The molecule has 0 fully saturated rings. The Kier molecular flexibility index (Phi) is 6.09. The van der Waals surface area contributed by atoms with Crippen LogP contribution in [-0.4, -0.2) is 12.7 Å². The number of hydrogen-bond acceptors (Lipinski definition) is 4. The van der Waals surface area contributed by atoms with E-state index in [1.807, 2.05) is 0 Å². The fourth-order valence-electron chi connectivity index (χ4n) is 1.44. The Morgan fingerprint density at radius 1 is 1.53 bits per heavy atom. The number of nitrogens with one attached hydrogen (secondary N) is 1. The van der Waals surface area contributed by atoms with E-state index < -0.39 is 0 Å². The number of ether oxygens (including phenoxy) is 1. The summed E-state index contributed by atoms with van der Waals surface area (Å²) in [5.41, 5.74) is 2.76. The number of hydrogen-bond donors (Lipinski definition) is 2. The van der Waals surface area contributed by atoms with Crippen LogP contribution in [0.1, 0.15) is 37.6 Å². The average molecular weight is 386 g/mol. The predicted octanol–water partition coefficient (Wildman–Crippen LogP) is 3.98. The van der Waals surface area contributed by atoms with E-state index >= 15 is 0 Å². The maximum atomic E-state index is 5.62. The quantitative estimate of drug-likeness (QED) is 0.575. The summed E-state index contributed by atoms with van der Waals surface area (Å²) >= 11 is 8.68. The minimum Gasteiger partial charge on any atom is -0.379 e. The van der Waals surface area contributed by atoms with Gasteiger partial charge in [-0.05, 0) is 64.6 Å². The first-order chi connectivity index (χ1) is 7.89. The molecule has 0 radical (unpaired) electrons. The number of hydrazine groups is 1. The van der Waals surface area contributed by atoms with Crippen molar-refractivity contribution in [2.75, 3.05) is 7.11 Å². The van der Waals surface area contributed by atoms with Crippen molar-refractivity contribution in [3.05, 3.63) is 19.2 Å². The molecule has 6 heteroatoms. The Labute approximate surface area is 123 Å². The van der Waals surface area contributed by atoms with E-state index in [2.05, 4.69) is 57.2 Å². The van der Waals surface area contributed by atoms with Crippen molar-refractivity contribution in [3.63, 3.8) is 0 Å². The summed E-state index contributed by atoms with van der Waals surface area (Å²) in [7, 11) is 1.74. The molecule has 0 saturated carbocycles. The Bertz CT molecular complexity index is 349. The molecule has 0 aliphatic rings. The van der Waals surface area contributed by atoms with E-state index in [0.29, 0.717) is 0 Å². The third-order valence-electron chi connectivity index (χ3n) is 2.80. The van der Waals surface area contributed by atoms with Gasteiger partial charge in [0.05, 0.1) is 15.4 Å². The standard InChI is InChI=1S/C11H18Br2N2OS/c1-11(2,16-3)5-4-8(15-14)9-6-7(12)10(13)17-9/h6,8,15H,4-5,14H2,1-3H3.